The van der Waals surface area contributed by atoms with Crippen LogP contribution >= 0.6 is 22.9 Å². The first-order valence-electron chi connectivity index (χ1n) is 8.64. The van der Waals surface area contributed by atoms with Gasteiger partial charge >= 0.3 is 0 Å². The van der Waals surface area contributed by atoms with Crippen molar-refractivity contribution < 1.29 is 4.79 Å². The molecule has 1 saturated heterocycles. The van der Waals surface area contributed by atoms with Gasteiger partial charge in [0.1, 0.15) is 0 Å². The van der Waals surface area contributed by atoms with E-state index in [1.54, 1.807) is 11.3 Å². The number of halogens is 1. The summed E-state index contributed by atoms with van der Waals surface area (Å²) in [5.41, 5.74) is 0.686. The summed E-state index contributed by atoms with van der Waals surface area (Å²) in [7, 11) is 0. The molecule has 5 nitrogen and oxygen atoms in total. The van der Waals surface area contributed by atoms with Crippen LogP contribution in [0.5, 0.6) is 0 Å². The van der Waals surface area contributed by atoms with E-state index in [2.05, 4.69) is 15.1 Å². The SMILES string of the molecule is CC(C)(C)C(=O)NCCN1CCN(c2nc3ccc(Cl)cc3s2)CC1. The number of benzene rings is 1. The minimum atomic E-state index is -0.325. The quantitative estimate of drug-likeness (QED) is 0.884. The van der Waals surface area contributed by atoms with Crippen LogP contribution in [0.4, 0.5) is 5.13 Å². The summed E-state index contributed by atoms with van der Waals surface area (Å²) in [5.74, 6) is 0.110. The number of anilines is 1. The molecule has 1 amide bonds. The van der Waals surface area contributed by atoms with Crippen LogP contribution in [0.25, 0.3) is 10.2 Å². The lowest BCUT2D eigenvalue weighted by molar-refractivity contribution is -0.128. The van der Waals surface area contributed by atoms with Gasteiger partial charge in [0, 0.05) is 49.7 Å². The van der Waals surface area contributed by atoms with Crippen molar-refractivity contribution in [3.8, 4) is 0 Å². The highest BCUT2D eigenvalue weighted by molar-refractivity contribution is 7.22. The summed E-state index contributed by atoms with van der Waals surface area (Å²) in [6.45, 7) is 11.3. The first-order valence-corrected chi connectivity index (χ1v) is 9.84. The van der Waals surface area contributed by atoms with E-state index in [0.717, 1.165) is 53.1 Å². The first-order chi connectivity index (χ1) is 11.8. The molecule has 0 aliphatic carbocycles. The first kappa shape index (κ1) is 18.4. The zero-order valence-electron chi connectivity index (χ0n) is 15.0. The highest BCUT2D eigenvalue weighted by Gasteiger charge is 2.22. The number of amides is 1. The second kappa shape index (κ2) is 7.48. The average Bonchev–Trinajstić information content (AvgIpc) is 2.97. The van der Waals surface area contributed by atoms with E-state index in [1.807, 2.05) is 39.0 Å². The zero-order chi connectivity index (χ0) is 18.0. The summed E-state index contributed by atoms with van der Waals surface area (Å²) in [6.07, 6.45) is 0. The fourth-order valence-electron chi connectivity index (χ4n) is 2.78. The van der Waals surface area contributed by atoms with Crippen LogP contribution in [-0.2, 0) is 4.79 Å². The number of aromatic nitrogens is 1. The van der Waals surface area contributed by atoms with E-state index in [4.69, 9.17) is 16.6 Å². The molecule has 1 aliphatic heterocycles. The van der Waals surface area contributed by atoms with Gasteiger partial charge in [0.2, 0.25) is 5.91 Å². The van der Waals surface area contributed by atoms with Gasteiger partial charge in [-0.05, 0) is 18.2 Å². The summed E-state index contributed by atoms with van der Waals surface area (Å²) in [4.78, 5) is 21.4. The molecule has 0 saturated carbocycles. The smallest absolute Gasteiger partial charge is 0.225 e. The molecule has 0 atom stereocenters. The maximum Gasteiger partial charge on any atom is 0.225 e. The van der Waals surface area contributed by atoms with Crippen LogP contribution in [0, 0.1) is 5.41 Å². The molecule has 136 valence electrons. The number of carbonyl (C=O) groups is 1. The Morgan fingerprint density at radius 2 is 2.00 bits per heavy atom. The van der Waals surface area contributed by atoms with Gasteiger partial charge in [0.25, 0.3) is 0 Å². The third kappa shape index (κ3) is 4.63. The van der Waals surface area contributed by atoms with Gasteiger partial charge in [-0.1, -0.05) is 43.7 Å². The number of nitrogens with one attached hydrogen (secondary N) is 1. The summed E-state index contributed by atoms with van der Waals surface area (Å²) in [5, 5.41) is 4.84. The molecule has 0 radical (unpaired) electrons. The maximum atomic E-state index is 11.9. The third-order valence-electron chi connectivity index (χ3n) is 4.38. The largest absolute Gasteiger partial charge is 0.354 e. The monoisotopic (exact) mass is 380 g/mol. The van der Waals surface area contributed by atoms with Crippen molar-refractivity contribution in [3.63, 3.8) is 0 Å². The van der Waals surface area contributed by atoms with E-state index >= 15 is 0 Å². The molecule has 7 heteroatoms. The molecule has 0 spiro atoms. The second-order valence-electron chi connectivity index (χ2n) is 7.44. The Morgan fingerprint density at radius 1 is 1.28 bits per heavy atom. The zero-order valence-corrected chi connectivity index (χ0v) is 16.6. The number of rotatable bonds is 4. The van der Waals surface area contributed by atoms with Crippen LogP contribution < -0.4 is 10.2 Å². The Hall–Kier alpha value is -1.37. The molecule has 3 rings (SSSR count). The number of piperazine rings is 1. The fraction of sp³-hybridized carbons (Fsp3) is 0.556. The molecular formula is C18H25ClN4OS. The number of carbonyl (C=O) groups excluding carboxylic acids is 1. The van der Waals surface area contributed by atoms with Crippen LogP contribution in [0.3, 0.4) is 0 Å². The topological polar surface area (TPSA) is 48.5 Å². The lowest BCUT2D eigenvalue weighted by Gasteiger charge is -2.34. The molecule has 2 aromatic rings. The van der Waals surface area contributed by atoms with Gasteiger partial charge in [-0.25, -0.2) is 4.98 Å². The van der Waals surface area contributed by atoms with Gasteiger partial charge in [0.15, 0.2) is 5.13 Å². The summed E-state index contributed by atoms with van der Waals surface area (Å²) >= 11 is 7.76. The molecule has 25 heavy (non-hydrogen) atoms. The van der Waals surface area contributed by atoms with Crippen molar-refractivity contribution in [2.45, 2.75) is 20.8 Å². The number of hydrogen-bond acceptors (Lipinski definition) is 5. The Bertz CT molecular complexity index is 747. The van der Waals surface area contributed by atoms with Gasteiger partial charge in [0.05, 0.1) is 10.2 Å². The van der Waals surface area contributed by atoms with Crippen molar-refractivity contribution in [1.82, 2.24) is 15.2 Å². The second-order valence-corrected chi connectivity index (χ2v) is 8.89. The highest BCUT2D eigenvalue weighted by Crippen LogP contribution is 2.31. The van der Waals surface area contributed by atoms with Crippen LogP contribution in [0.2, 0.25) is 5.02 Å². The average molecular weight is 381 g/mol. The lowest BCUT2D eigenvalue weighted by atomic mass is 9.96. The molecular weight excluding hydrogens is 356 g/mol. The van der Waals surface area contributed by atoms with Gasteiger partial charge in [-0.2, -0.15) is 0 Å². The van der Waals surface area contributed by atoms with E-state index in [-0.39, 0.29) is 11.3 Å². The molecule has 0 unspecified atom stereocenters. The minimum Gasteiger partial charge on any atom is -0.354 e. The highest BCUT2D eigenvalue weighted by atomic mass is 35.5. The van der Waals surface area contributed by atoms with Crippen molar-refractivity contribution in [2.24, 2.45) is 5.41 Å². The van der Waals surface area contributed by atoms with Crippen LogP contribution in [0.1, 0.15) is 20.8 Å². The molecule has 1 aliphatic rings. The molecule has 1 N–H and O–H groups in total. The number of fused-ring (bicyclic) bond motifs is 1. The summed E-state index contributed by atoms with van der Waals surface area (Å²) in [6, 6.07) is 5.84. The normalized spacial score (nSPS) is 16.4. The molecule has 1 aromatic carbocycles. The van der Waals surface area contributed by atoms with Crippen molar-refractivity contribution in [2.75, 3.05) is 44.2 Å². The number of thiazole rings is 1. The molecule has 1 fully saturated rings. The van der Waals surface area contributed by atoms with Crippen molar-refractivity contribution in [1.29, 1.82) is 0 Å². The summed E-state index contributed by atoms with van der Waals surface area (Å²) < 4.78 is 1.13. The standard InChI is InChI=1S/C18H25ClN4OS/c1-18(2,3)16(24)20-6-7-22-8-10-23(11-9-22)17-21-14-5-4-13(19)12-15(14)25-17/h4-5,12H,6-11H2,1-3H3,(H,20,24). The van der Waals surface area contributed by atoms with Crippen molar-refractivity contribution in [3.05, 3.63) is 23.2 Å². The van der Waals surface area contributed by atoms with Crippen LogP contribution in [0.15, 0.2) is 18.2 Å². The Kier molecular flexibility index (Phi) is 5.51. The maximum absolute atomic E-state index is 11.9. The van der Waals surface area contributed by atoms with Gasteiger partial charge in [-0.3, -0.25) is 9.69 Å². The van der Waals surface area contributed by atoms with E-state index in [0.29, 0.717) is 6.54 Å². The van der Waals surface area contributed by atoms with E-state index in [9.17, 15) is 4.79 Å². The van der Waals surface area contributed by atoms with Crippen molar-refractivity contribution >= 4 is 44.2 Å². The number of nitrogens with zero attached hydrogens (tertiary/aromatic N) is 3. The Labute approximate surface area is 158 Å². The Morgan fingerprint density at radius 3 is 2.68 bits per heavy atom. The van der Waals surface area contributed by atoms with Gasteiger partial charge in [-0.15, -0.1) is 0 Å². The Balaban J connectivity index is 1.49. The minimum absolute atomic E-state index is 0.110. The predicted molar refractivity (Wildman–Crippen MR) is 106 cm³/mol. The van der Waals surface area contributed by atoms with Crippen LogP contribution in [-0.4, -0.2) is 55.1 Å². The lowest BCUT2D eigenvalue weighted by Crippen LogP contribution is -2.49. The molecule has 0 bridgehead atoms. The third-order valence-corrected chi connectivity index (χ3v) is 5.69. The predicted octanol–water partition coefficient (Wildman–Crippen LogP) is 3.23. The van der Waals surface area contributed by atoms with E-state index < -0.39 is 0 Å². The number of hydrogen-bond donors (Lipinski definition) is 1. The van der Waals surface area contributed by atoms with Gasteiger partial charge < -0.3 is 10.2 Å². The molecule has 1 aromatic heterocycles. The van der Waals surface area contributed by atoms with E-state index in [1.165, 1.54) is 0 Å². The fourth-order valence-corrected chi connectivity index (χ4v) is 4.07. The molecule has 2 heterocycles.